The number of hydrogen-bond acceptors (Lipinski definition) is 4. The maximum Gasteiger partial charge on any atom is 0.192 e. The van der Waals surface area contributed by atoms with Crippen LogP contribution in [-0.4, -0.2) is 25.8 Å². The minimum atomic E-state index is -0.0243. The molecule has 1 atom stereocenters. The van der Waals surface area contributed by atoms with E-state index in [1.807, 2.05) is 6.92 Å². The molecule has 2 aliphatic rings. The lowest BCUT2D eigenvalue weighted by atomic mass is 10.3. The number of Topliss-reactive ketones (excluding diaryl/α,β-unsaturated/α-hetero) is 1. The number of ketones is 1. The lowest BCUT2D eigenvalue weighted by Gasteiger charge is -2.10. The molecule has 0 saturated heterocycles. The monoisotopic (exact) mass is 251 g/mol. The van der Waals surface area contributed by atoms with Gasteiger partial charge in [-0.3, -0.25) is 4.79 Å². The number of nitrogens with zero attached hydrogens (tertiary/aromatic N) is 3. The average Bonchev–Trinajstić information content (AvgIpc) is 3.18. The van der Waals surface area contributed by atoms with E-state index in [0.717, 1.165) is 11.0 Å². The minimum Gasteiger partial charge on any atom is -0.303 e. The Hall–Kier alpha value is -0.840. The van der Waals surface area contributed by atoms with Crippen molar-refractivity contribution in [3.63, 3.8) is 0 Å². The number of carbonyl (C=O) groups excluding carboxylic acids is 1. The molecule has 92 valence electrons. The summed E-state index contributed by atoms with van der Waals surface area (Å²) >= 11 is 1.55. The molecule has 1 aromatic heterocycles. The van der Waals surface area contributed by atoms with Crippen LogP contribution in [0.2, 0.25) is 0 Å². The fourth-order valence-corrected chi connectivity index (χ4v) is 2.83. The lowest BCUT2D eigenvalue weighted by Crippen LogP contribution is -2.10. The predicted molar refractivity (Wildman–Crippen MR) is 66.3 cm³/mol. The molecule has 1 aromatic rings. The largest absolute Gasteiger partial charge is 0.303 e. The molecule has 2 fully saturated rings. The fraction of sp³-hybridized carbons (Fsp3) is 0.750. The van der Waals surface area contributed by atoms with Crippen LogP contribution in [0.15, 0.2) is 5.16 Å². The van der Waals surface area contributed by atoms with Crippen LogP contribution in [-0.2, 0) is 4.79 Å². The van der Waals surface area contributed by atoms with Gasteiger partial charge in [-0.15, -0.1) is 10.2 Å². The Kier molecular flexibility index (Phi) is 2.73. The second-order valence-corrected chi connectivity index (χ2v) is 6.39. The first kappa shape index (κ1) is 11.3. The summed E-state index contributed by atoms with van der Waals surface area (Å²) in [5, 5.41) is 9.53. The molecule has 1 heterocycles. The van der Waals surface area contributed by atoms with E-state index < -0.39 is 0 Å². The number of carbonyl (C=O) groups is 1. The Morgan fingerprint density at radius 2 is 2.06 bits per heavy atom. The number of rotatable bonds is 5. The molecule has 0 unspecified atom stereocenters. The Labute approximate surface area is 105 Å². The molecule has 4 nitrogen and oxygen atoms in total. The van der Waals surface area contributed by atoms with Crippen LogP contribution in [0.1, 0.15) is 57.3 Å². The number of hydrogen-bond donors (Lipinski definition) is 0. The van der Waals surface area contributed by atoms with Crippen molar-refractivity contribution < 1.29 is 4.79 Å². The van der Waals surface area contributed by atoms with Crippen molar-refractivity contribution in [1.29, 1.82) is 0 Å². The summed E-state index contributed by atoms with van der Waals surface area (Å²) in [7, 11) is 0. The lowest BCUT2D eigenvalue weighted by molar-refractivity contribution is -0.116. The standard InChI is InChI=1S/C12H17N3OS/c1-7(16)8(2)17-12-14-13-11(9-3-4-9)15(12)10-5-6-10/h8-10H,3-6H2,1-2H3/t8-/m0/s1. The van der Waals surface area contributed by atoms with E-state index >= 15 is 0 Å². The highest BCUT2D eigenvalue weighted by Gasteiger charge is 2.36. The van der Waals surface area contributed by atoms with Crippen LogP contribution in [0.4, 0.5) is 0 Å². The van der Waals surface area contributed by atoms with Crippen molar-refractivity contribution in [3.05, 3.63) is 5.82 Å². The van der Waals surface area contributed by atoms with Crippen molar-refractivity contribution in [3.8, 4) is 0 Å². The first-order chi connectivity index (χ1) is 8.16. The van der Waals surface area contributed by atoms with Crippen LogP contribution in [0, 0.1) is 0 Å². The van der Waals surface area contributed by atoms with Gasteiger partial charge in [-0.05, 0) is 39.5 Å². The van der Waals surface area contributed by atoms with E-state index in [1.165, 1.54) is 25.7 Å². The third-order valence-corrected chi connectivity index (χ3v) is 4.57. The summed E-state index contributed by atoms with van der Waals surface area (Å²) in [5.74, 6) is 1.99. The van der Waals surface area contributed by atoms with Crippen LogP contribution in [0.25, 0.3) is 0 Å². The van der Waals surface area contributed by atoms with E-state index in [1.54, 1.807) is 18.7 Å². The SMILES string of the molecule is CC(=O)[C@H](C)Sc1nnc(C2CC2)n1C1CC1. The molecule has 2 saturated carbocycles. The van der Waals surface area contributed by atoms with E-state index in [0.29, 0.717) is 12.0 Å². The van der Waals surface area contributed by atoms with Gasteiger partial charge >= 0.3 is 0 Å². The molecule has 2 aliphatic carbocycles. The van der Waals surface area contributed by atoms with Gasteiger partial charge in [0.15, 0.2) is 5.16 Å². The molecule has 17 heavy (non-hydrogen) atoms. The predicted octanol–water partition coefficient (Wildman–Crippen LogP) is 2.56. The highest BCUT2D eigenvalue weighted by molar-refractivity contribution is 8.00. The summed E-state index contributed by atoms with van der Waals surface area (Å²) < 4.78 is 2.29. The maximum atomic E-state index is 11.3. The van der Waals surface area contributed by atoms with Gasteiger partial charge in [-0.2, -0.15) is 0 Å². The Balaban J connectivity index is 1.85. The molecule has 0 spiro atoms. The van der Waals surface area contributed by atoms with Gasteiger partial charge < -0.3 is 4.57 Å². The Morgan fingerprint density at radius 1 is 1.35 bits per heavy atom. The van der Waals surface area contributed by atoms with Crippen LogP contribution < -0.4 is 0 Å². The molecular weight excluding hydrogens is 234 g/mol. The second-order valence-electron chi connectivity index (χ2n) is 5.09. The van der Waals surface area contributed by atoms with E-state index in [4.69, 9.17) is 0 Å². The Bertz CT molecular complexity index is 449. The summed E-state index contributed by atoms with van der Waals surface area (Å²) in [6.07, 6.45) is 4.97. The van der Waals surface area contributed by atoms with Gasteiger partial charge in [-0.1, -0.05) is 11.8 Å². The minimum absolute atomic E-state index is 0.0243. The molecule has 0 aliphatic heterocycles. The van der Waals surface area contributed by atoms with Gasteiger partial charge in [-0.25, -0.2) is 0 Å². The van der Waals surface area contributed by atoms with Gasteiger partial charge in [0, 0.05) is 12.0 Å². The third-order valence-electron chi connectivity index (χ3n) is 3.40. The highest BCUT2D eigenvalue weighted by Crippen LogP contribution is 2.46. The molecular formula is C12H17N3OS. The second kappa shape index (κ2) is 4.12. The van der Waals surface area contributed by atoms with E-state index in [2.05, 4.69) is 14.8 Å². The highest BCUT2D eigenvalue weighted by atomic mass is 32.2. The third kappa shape index (κ3) is 2.25. The molecule has 3 rings (SSSR count). The van der Waals surface area contributed by atoms with Gasteiger partial charge in [0.2, 0.25) is 0 Å². The smallest absolute Gasteiger partial charge is 0.192 e. The molecule has 0 N–H and O–H groups in total. The normalized spacial score (nSPS) is 21.5. The summed E-state index contributed by atoms with van der Waals surface area (Å²) in [6.45, 7) is 3.58. The van der Waals surface area contributed by atoms with Crippen LogP contribution in [0.5, 0.6) is 0 Å². The van der Waals surface area contributed by atoms with Crippen molar-refractivity contribution in [2.45, 2.75) is 61.9 Å². The van der Waals surface area contributed by atoms with Crippen molar-refractivity contribution in [2.75, 3.05) is 0 Å². The van der Waals surface area contributed by atoms with Gasteiger partial charge in [0.25, 0.3) is 0 Å². The van der Waals surface area contributed by atoms with Gasteiger partial charge in [0.05, 0.1) is 5.25 Å². The summed E-state index contributed by atoms with van der Waals surface area (Å²) in [5.41, 5.74) is 0. The molecule has 0 amide bonds. The van der Waals surface area contributed by atoms with E-state index in [9.17, 15) is 4.79 Å². The average molecular weight is 251 g/mol. The Morgan fingerprint density at radius 3 is 2.59 bits per heavy atom. The quantitative estimate of drug-likeness (QED) is 0.755. The van der Waals surface area contributed by atoms with Gasteiger partial charge in [0.1, 0.15) is 11.6 Å². The first-order valence-electron chi connectivity index (χ1n) is 6.28. The van der Waals surface area contributed by atoms with Crippen LogP contribution in [0.3, 0.4) is 0 Å². The van der Waals surface area contributed by atoms with Crippen molar-refractivity contribution in [2.24, 2.45) is 0 Å². The van der Waals surface area contributed by atoms with Crippen LogP contribution >= 0.6 is 11.8 Å². The molecule has 0 radical (unpaired) electrons. The van der Waals surface area contributed by atoms with E-state index in [-0.39, 0.29) is 11.0 Å². The number of thioether (sulfide) groups is 1. The fourth-order valence-electron chi connectivity index (χ4n) is 1.91. The summed E-state index contributed by atoms with van der Waals surface area (Å²) in [4.78, 5) is 11.3. The zero-order valence-corrected chi connectivity index (χ0v) is 11.0. The van der Waals surface area contributed by atoms with Crippen molar-refractivity contribution in [1.82, 2.24) is 14.8 Å². The molecule has 0 aromatic carbocycles. The zero-order valence-electron chi connectivity index (χ0n) is 10.2. The number of aromatic nitrogens is 3. The zero-order chi connectivity index (χ0) is 12.0. The maximum absolute atomic E-state index is 11.3. The molecule has 0 bridgehead atoms. The summed E-state index contributed by atoms with van der Waals surface area (Å²) in [6, 6.07) is 0.599. The molecule has 5 heteroatoms. The van der Waals surface area contributed by atoms with Crippen molar-refractivity contribution >= 4 is 17.5 Å². The first-order valence-corrected chi connectivity index (χ1v) is 7.16. The topological polar surface area (TPSA) is 47.8 Å².